The van der Waals surface area contributed by atoms with Crippen LogP contribution in [0.4, 0.5) is 0 Å². The van der Waals surface area contributed by atoms with Crippen LogP contribution in [0.3, 0.4) is 0 Å². The molecule has 20 heavy (non-hydrogen) atoms. The number of aliphatic hydroxyl groups is 1. The predicted molar refractivity (Wildman–Crippen MR) is 83.6 cm³/mol. The molecule has 0 aliphatic heterocycles. The summed E-state index contributed by atoms with van der Waals surface area (Å²) in [5.41, 5.74) is 0.494. The Bertz CT molecular complexity index is 746. The van der Waals surface area contributed by atoms with Gasteiger partial charge in [0.05, 0.1) is 0 Å². The monoisotopic (exact) mass is 260 g/mol. The number of benzene rings is 3. The summed E-state index contributed by atoms with van der Waals surface area (Å²) in [6, 6.07) is 23.7. The van der Waals surface area contributed by atoms with Crippen LogP contribution in [-0.4, -0.2) is 5.11 Å². The largest absolute Gasteiger partial charge is 0.377 e. The minimum atomic E-state index is -1.16. The van der Waals surface area contributed by atoms with Crippen molar-refractivity contribution in [3.63, 3.8) is 0 Å². The highest BCUT2D eigenvalue weighted by Crippen LogP contribution is 2.32. The molecule has 1 atom stereocenters. The second-order valence-corrected chi connectivity index (χ2v) is 4.90. The van der Waals surface area contributed by atoms with Crippen LogP contribution in [0.1, 0.15) is 11.1 Å². The second kappa shape index (κ2) is 4.95. The van der Waals surface area contributed by atoms with Crippen LogP contribution < -0.4 is 0 Å². The van der Waals surface area contributed by atoms with Crippen molar-refractivity contribution in [1.29, 1.82) is 0 Å². The molecule has 0 saturated heterocycles. The van der Waals surface area contributed by atoms with E-state index in [1.165, 1.54) is 0 Å². The van der Waals surface area contributed by atoms with E-state index in [2.05, 4.69) is 12.6 Å². The average Bonchev–Trinajstić information content (AvgIpc) is 2.54. The zero-order valence-electron chi connectivity index (χ0n) is 11.2. The van der Waals surface area contributed by atoms with Gasteiger partial charge in [-0.25, -0.2) is 0 Å². The lowest BCUT2D eigenvalue weighted by Crippen LogP contribution is -2.24. The molecule has 98 valence electrons. The minimum absolute atomic E-state index is 0.824. The SMILES string of the molecule is C=CC(O)(c1ccccc1)c1ccc2ccccc2c1. The van der Waals surface area contributed by atoms with Gasteiger partial charge < -0.3 is 5.11 Å². The van der Waals surface area contributed by atoms with Gasteiger partial charge in [-0.2, -0.15) is 0 Å². The Balaban J connectivity index is 2.18. The maximum absolute atomic E-state index is 11.0. The van der Waals surface area contributed by atoms with Crippen molar-refractivity contribution < 1.29 is 5.11 Å². The van der Waals surface area contributed by atoms with Gasteiger partial charge in [-0.05, 0) is 28.0 Å². The molecule has 1 nitrogen and oxygen atoms in total. The van der Waals surface area contributed by atoms with Crippen molar-refractivity contribution in [1.82, 2.24) is 0 Å². The maximum atomic E-state index is 11.0. The lowest BCUT2D eigenvalue weighted by Gasteiger charge is -2.26. The van der Waals surface area contributed by atoms with E-state index in [0.717, 1.165) is 21.9 Å². The summed E-state index contributed by atoms with van der Waals surface area (Å²) < 4.78 is 0. The molecule has 0 heterocycles. The molecule has 0 bridgehead atoms. The molecule has 0 radical (unpaired) electrons. The number of hydrogen-bond donors (Lipinski definition) is 1. The average molecular weight is 260 g/mol. The van der Waals surface area contributed by atoms with Gasteiger partial charge in [-0.1, -0.05) is 79.4 Å². The van der Waals surface area contributed by atoms with Crippen LogP contribution in [0.15, 0.2) is 85.5 Å². The third-order valence-corrected chi connectivity index (χ3v) is 3.70. The molecule has 1 unspecified atom stereocenters. The van der Waals surface area contributed by atoms with Crippen LogP contribution in [0, 0.1) is 0 Å². The first-order chi connectivity index (χ1) is 9.74. The predicted octanol–water partition coefficient (Wildman–Crippen LogP) is 4.26. The molecule has 3 rings (SSSR count). The molecular formula is C19H16O. The molecule has 0 aliphatic rings. The molecular weight excluding hydrogens is 244 g/mol. The van der Waals surface area contributed by atoms with E-state index in [0.29, 0.717) is 0 Å². The van der Waals surface area contributed by atoms with Crippen molar-refractivity contribution in [3.8, 4) is 0 Å². The zero-order valence-corrected chi connectivity index (χ0v) is 11.2. The van der Waals surface area contributed by atoms with Gasteiger partial charge >= 0.3 is 0 Å². The van der Waals surface area contributed by atoms with Gasteiger partial charge in [-0.15, -0.1) is 0 Å². The Morgan fingerprint density at radius 3 is 2.10 bits per heavy atom. The Morgan fingerprint density at radius 2 is 1.40 bits per heavy atom. The molecule has 0 aromatic heterocycles. The van der Waals surface area contributed by atoms with Gasteiger partial charge in [0.2, 0.25) is 0 Å². The van der Waals surface area contributed by atoms with E-state index in [4.69, 9.17) is 0 Å². The maximum Gasteiger partial charge on any atom is 0.133 e. The molecule has 0 spiro atoms. The van der Waals surface area contributed by atoms with Crippen LogP contribution >= 0.6 is 0 Å². The first-order valence-corrected chi connectivity index (χ1v) is 6.65. The first-order valence-electron chi connectivity index (χ1n) is 6.65. The van der Waals surface area contributed by atoms with E-state index in [1.54, 1.807) is 6.08 Å². The van der Waals surface area contributed by atoms with Gasteiger partial charge in [0.15, 0.2) is 0 Å². The summed E-state index contributed by atoms with van der Waals surface area (Å²) >= 11 is 0. The third kappa shape index (κ3) is 2.02. The quantitative estimate of drug-likeness (QED) is 0.697. The lowest BCUT2D eigenvalue weighted by atomic mass is 9.85. The summed E-state index contributed by atoms with van der Waals surface area (Å²) in [4.78, 5) is 0. The fourth-order valence-electron chi connectivity index (χ4n) is 2.52. The van der Waals surface area contributed by atoms with E-state index in [9.17, 15) is 5.11 Å². The van der Waals surface area contributed by atoms with Crippen LogP contribution in [0.5, 0.6) is 0 Å². The summed E-state index contributed by atoms with van der Waals surface area (Å²) in [5.74, 6) is 0. The first kappa shape index (κ1) is 12.6. The molecule has 3 aromatic rings. The van der Waals surface area contributed by atoms with E-state index in [-0.39, 0.29) is 0 Å². The summed E-state index contributed by atoms with van der Waals surface area (Å²) in [7, 11) is 0. The second-order valence-electron chi connectivity index (χ2n) is 4.90. The van der Waals surface area contributed by atoms with Crippen molar-refractivity contribution in [3.05, 3.63) is 96.6 Å². The Labute approximate surface area is 118 Å². The number of fused-ring (bicyclic) bond motifs is 1. The smallest absolute Gasteiger partial charge is 0.133 e. The minimum Gasteiger partial charge on any atom is -0.377 e. The molecule has 0 amide bonds. The van der Waals surface area contributed by atoms with Crippen molar-refractivity contribution in [2.75, 3.05) is 0 Å². The van der Waals surface area contributed by atoms with E-state index in [1.807, 2.05) is 66.7 Å². The molecule has 0 saturated carbocycles. The fraction of sp³-hybridized carbons (Fsp3) is 0.0526. The zero-order chi connectivity index (χ0) is 14.0. The molecule has 1 N–H and O–H groups in total. The molecule has 0 aliphatic carbocycles. The Hall–Kier alpha value is -2.38. The van der Waals surface area contributed by atoms with Gasteiger partial charge in [0.1, 0.15) is 5.60 Å². The van der Waals surface area contributed by atoms with Crippen molar-refractivity contribution >= 4 is 10.8 Å². The Morgan fingerprint density at radius 1 is 0.750 bits per heavy atom. The summed E-state index contributed by atoms with van der Waals surface area (Å²) in [6.07, 6.45) is 1.59. The van der Waals surface area contributed by atoms with Crippen molar-refractivity contribution in [2.24, 2.45) is 0 Å². The molecule has 1 heteroatoms. The van der Waals surface area contributed by atoms with E-state index < -0.39 is 5.60 Å². The van der Waals surface area contributed by atoms with Crippen LogP contribution in [0.25, 0.3) is 10.8 Å². The van der Waals surface area contributed by atoms with Crippen LogP contribution in [-0.2, 0) is 5.60 Å². The molecule has 3 aromatic carbocycles. The van der Waals surface area contributed by atoms with Crippen LogP contribution in [0.2, 0.25) is 0 Å². The van der Waals surface area contributed by atoms with Crippen molar-refractivity contribution in [2.45, 2.75) is 5.60 Å². The Kier molecular flexibility index (Phi) is 3.13. The van der Waals surface area contributed by atoms with Gasteiger partial charge in [-0.3, -0.25) is 0 Å². The summed E-state index contributed by atoms with van der Waals surface area (Å²) in [5, 5.41) is 13.3. The standard InChI is InChI=1S/C19H16O/c1-2-19(20,17-10-4-3-5-11-17)18-13-12-15-8-6-7-9-16(15)14-18/h2-14,20H,1H2. The lowest BCUT2D eigenvalue weighted by molar-refractivity contribution is 0.135. The normalized spacial score (nSPS) is 13.8. The summed E-state index contributed by atoms with van der Waals surface area (Å²) in [6.45, 7) is 3.82. The highest BCUT2D eigenvalue weighted by atomic mass is 16.3. The highest BCUT2D eigenvalue weighted by molar-refractivity contribution is 5.83. The highest BCUT2D eigenvalue weighted by Gasteiger charge is 2.27. The molecule has 0 fully saturated rings. The van der Waals surface area contributed by atoms with Gasteiger partial charge in [0.25, 0.3) is 0 Å². The number of rotatable bonds is 3. The van der Waals surface area contributed by atoms with E-state index >= 15 is 0 Å². The third-order valence-electron chi connectivity index (χ3n) is 3.70. The fourth-order valence-corrected chi connectivity index (χ4v) is 2.52. The van der Waals surface area contributed by atoms with Gasteiger partial charge in [0, 0.05) is 0 Å². The topological polar surface area (TPSA) is 20.2 Å². The number of hydrogen-bond acceptors (Lipinski definition) is 1.